The Morgan fingerprint density at radius 3 is 2.69 bits per heavy atom. The van der Waals surface area contributed by atoms with Crippen molar-refractivity contribution in [3.8, 4) is 0 Å². The lowest BCUT2D eigenvalue weighted by Crippen LogP contribution is -2.31. The normalized spacial score (nSPS) is 18.8. The fourth-order valence-electron chi connectivity index (χ4n) is 1.97. The van der Waals surface area contributed by atoms with E-state index in [2.05, 4.69) is 37.4 Å². The number of likely N-dealkylation sites (N-methyl/N-ethyl adjacent to an activating group) is 1. The van der Waals surface area contributed by atoms with Crippen LogP contribution >= 0.6 is 0 Å². The van der Waals surface area contributed by atoms with Gasteiger partial charge in [-0.25, -0.2) is 0 Å². The van der Waals surface area contributed by atoms with E-state index < -0.39 is 0 Å². The van der Waals surface area contributed by atoms with Crippen LogP contribution in [0.3, 0.4) is 0 Å². The fourth-order valence-corrected chi connectivity index (χ4v) is 1.97. The quantitative estimate of drug-likeness (QED) is 0.620. The molecule has 0 aromatic rings. The van der Waals surface area contributed by atoms with E-state index in [4.69, 9.17) is 5.73 Å². The monoisotopic (exact) mass is 222 g/mol. The average molecular weight is 222 g/mol. The van der Waals surface area contributed by atoms with Gasteiger partial charge in [0.2, 0.25) is 0 Å². The number of nitrogens with one attached hydrogen (secondary N) is 1. The molecule has 1 saturated carbocycles. The van der Waals surface area contributed by atoms with Crippen molar-refractivity contribution >= 4 is 0 Å². The Bertz CT molecular complexity index is 237. The zero-order valence-corrected chi connectivity index (χ0v) is 10.7. The standard InChI is InChI=1S/C14H26N2/c1-3-5-6-13(11-15)10-14(16-4-2)9-12-7-8-12/h3,5,9,13-14,16H,4,6-8,10-11,15H2,1-2H3/b5-3-. The molecule has 2 atom stereocenters. The molecule has 2 unspecified atom stereocenters. The summed E-state index contributed by atoms with van der Waals surface area (Å²) in [6, 6.07) is 0.529. The molecule has 0 amide bonds. The van der Waals surface area contributed by atoms with Crippen LogP contribution in [0.2, 0.25) is 0 Å². The Kier molecular flexibility index (Phi) is 6.43. The van der Waals surface area contributed by atoms with E-state index in [1.165, 1.54) is 12.8 Å². The second-order valence-electron chi connectivity index (χ2n) is 4.63. The molecule has 0 heterocycles. The van der Waals surface area contributed by atoms with Crippen LogP contribution in [0.5, 0.6) is 0 Å². The number of nitrogens with two attached hydrogens (primary N) is 1. The predicted molar refractivity (Wildman–Crippen MR) is 71.4 cm³/mol. The zero-order valence-electron chi connectivity index (χ0n) is 10.7. The van der Waals surface area contributed by atoms with Gasteiger partial charge in [0.05, 0.1) is 0 Å². The van der Waals surface area contributed by atoms with Gasteiger partial charge in [0.15, 0.2) is 0 Å². The minimum Gasteiger partial charge on any atom is -0.330 e. The van der Waals surface area contributed by atoms with E-state index in [1.807, 2.05) is 0 Å². The van der Waals surface area contributed by atoms with Crippen molar-refractivity contribution < 1.29 is 0 Å². The van der Waals surface area contributed by atoms with Crippen molar-refractivity contribution in [2.75, 3.05) is 13.1 Å². The average Bonchev–Trinajstić information content (AvgIpc) is 3.08. The summed E-state index contributed by atoms with van der Waals surface area (Å²) < 4.78 is 0. The Balaban J connectivity index is 2.40. The van der Waals surface area contributed by atoms with Gasteiger partial charge in [-0.05, 0) is 51.6 Å². The Labute approximate surface area is 100.0 Å². The molecular formula is C14H26N2. The lowest BCUT2D eigenvalue weighted by Gasteiger charge is -2.20. The van der Waals surface area contributed by atoms with Gasteiger partial charge in [0, 0.05) is 6.04 Å². The van der Waals surface area contributed by atoms with Gasteiger partial charge in [0.1, 0.15) is 0 Å². The van der Waals surface area contributed by atoms with Gasteiger partial charge < -0.3 is 11.1 Å². The highest BCUT2D eigenvalue weighted by Gasteiger charge is 2.17. The van der Waals surface area contributed by atoms with Crippen LogP contribution in [0.25, 0.3) is 0 Å². The maximum Gasteiger partial charge on any atom is 0.0255 e. The van der Waals surface area contributed by atoms with E-state index in [0.29, 0.717) is 12.0 Å². The Morgan fingerprint density at radius 1 is 1.44 bits per heavy atom. The van der Waals surface area contributed by atoms with Gasteiger partial charge in [-0.3, -0.25) is 0 Å². The van der Waals surface area contributed by atoms with Crippen LogP contribution in [0, 0.1) is 5.92 Å². The maximum atomic E-state index is 5.82. The van der Waals surface area contributed by atoms with Crippen molar-refractivity contribution in [2.45, 2.75) is 45.6 Å². The summed E-state index contributed by atoms with van der Waals surface area (Å²) in [5.41, 5.74) is 7.44. The van der Waals surface area contributed by atoms with E-state index in [0.717, 1.165) is 25.9 Å². The van der Waals surface area contributed by atoms with Crippen LogP contribution in [0.1, 0.15) is 39.5 Å². The van der Waals surface area contributed by atoms with Crippen molar-refractivity contribution in [1.29, 1.82) is 0 Å². The second-order valence-corrected chi connectivity index (χ2v) is 4.63. The lowest BCUT2D eigenvalue weighted by molar-refractivity contribution is 0.435. The first-order valence-corrected chi connectivity index (χ1v) is 6.54. The molecule has 1 rings (SSSR count). The summed E-state index contributed by atoms with van der Waals surface area (Å²) in [6.45, 7) is 6.06. The molecule has 1 aliphatic rings. The molecule has 2 heteroatoms. The smallest absolute Gasteiger partial charge is 0.0255 e. The summed E-state index contributed by atoms with van der Waals surface area (Å²) in [5.74, 6) is 0.607. The lowest BCUT2D eigenvalue weighted by atomic mass is 9.96. The van der Waals surface area contributed by atoms with E-state index in [1.54, 1.807) is 5.57 Å². The third-order valence-electron chi connectivity index (χ3n) is 3.07. The van der Waals surface area contributed by atoms with E-state index >= 15 is 0 Å². The molecule has 0 aromatic carbocycles. The minimum absolute atomic E-state index is 0.529. The summed E-state index contributed by atoms with van der Waals surface area (Å²) >= 11 is 0. The van der Waals surface area contributed by atoms with Crippen LogP contribution < -0.4 is 11.1 Å². The maximum absolute atomic E-state index is 5.82. The summed E-state index contributed by atoms with van der Waals surface area (Å²) in [7, 11) is 0. The molecule has 1 fully saturated rings. The summed E-state index contributed by atoms with van der Waals surface area (Å²) in [4.78, 5) is 0. The summed E-state index contributed by atoms with van der Waals surface area (Å²) in [6.07, 6.45) is 11.7. The zero-order chi connectivity index (χ0) is 11.8. The fraction of sp³-hybridized carbons (Fsp3) is 0.714. The molecule has 0 aliphatic heterocycles. The number of rotatable bonds is 8. The number of hydrogen-bond donors (Lipinski definition) is 2. The van der Waals surface area contributed by atoms with Crippen molar-refractivity contribution in [1.82, 2.24) is 5.32 Å². The highest BCUT2D eigenvalue weighted by atomic mass is 14.9. The van der Waals surface area contributed by atoms with Crippen molar-refractivity contribution in [3.05, 3.63) is 23.8 Å². The van der Waals surface area contributed by atoms with Crippen LogP contribution in [-0.4, -0.2) is 19.1 Å². The van der Waals surface area contributed by atoms with Crippen molar-refractivity contribution in [3.63, 3.8) is 0 Å². The van der Waals surface area contributed by atoms with Crippen LogP contribution in [0.15, 0.2) is 23.8 Å². The molecular weight excluding hydrogens is 196 g/mol. The number of allylic oxidation sites excluding steroid dienone is 3. The highest BCUT2D eigenvalue weighted by Crippen LogP contribution is 2.29. The molecule has 2 nitrogen and oxygen atoms in total. The molecule has 0 spiro atoms. The largest absolute Gasteiger partial charge is 0.330 e. The van der Waals surface area contributed by atoms with Crippen LogP contribution in [-0.2, 0) is 0 Å². The molecule has 16 heavy (non-hydrogen) atoms. The topological polar surface area (TPSA) is 38.0 Å². The molecule has 0 saturated heterocycles. The summed E-state index contributed by atoms with van der Waals surface area (Å²) in [5, 5.41) is 3.54. The minimum atomic E-state index is 0.529. The van der Waals surface area contributed by atoms with Crippen LogP contribution in [0.4, 0.5) is 0 Å². The molecule has 0 radical (unpaired) electrons. The van der Waals surface area contributed by atoms with Gasteiger partial charge in [0.25, 0.3) is 0 Å². The second kappa shape index (κ2) is 7.64. The Morgan fingerprint density at radius 2 is 2.19 bits per heavy atom. The van der Waals surface area contributed by atoms with Crippen molar-refractivity contribution in [2.24, 2.45) is 11.7 Å². The van der Waals surface area contributed by atoms with Gasteiger partial charge in [-0.15, -0.1) is 0 Å². The molecule has 1 aliphatic carbocycles. The SMILES string of the molecule is C/C=C\CC(CN)CC(C=C1CC1)NCC. The van der Waals surface area contributed by atoms with E-state index in [-0.39, 0.29) is 0 Å². The predicted octanol–water partition coefficient (Wildman–Crippen LogP) is 2.62. The highest BCUT2D eigenvalue weighted by molar-refractivity contribution is 5.19. The molecule has 3 N–H and O–H groups in total. The third-order valence-corrected chi connectivity index (χ3v) is 3.07. The first-order valence-electron chi connectivity index (χ1n) is 6.54. The van der Waals surface area contributed by atoms with E-state index in [9.17, 15) is 0 Å². The molecule has 0 aromatic heterocycles. The first-order chi connectivity index (χ1) is 7.80. The molecule has 92 valence electrons. The van der Waals surface area contributed by atoms with Gasteiger partial charge >= 0.3 is 0 Å². The van der Waals surface area contributed by atoms with Gasteiger partial charge in [-0.1, -0.05) is 30.7 Å². The first kappa shape index (κ1) is 13.5. The van der Waals surface area contributed by atoms with Gasteiger partial charge in [-0.2, -0.15) is 0 Å². The number of hydrogen-bond acceptors (Lipinski definition) is 2. The molecule has 0 bridgehead atoms. The Hall–Kier alpha value is -0.600. The third kappa shape index (κ3) is 5.47.